The number of hydrogen-bond acceptors (Lipinski definition) is 2. The monoisotopic (exact) mass is 314 g/mol. The summed E-state index contributed by atoms with van der Waals surface area (Å²) < 4.78 is 6.64. The van der Waals surface area contributed by atoms with Crippen LogP contribution in [0.4, 0.5) is 0 Å². The van der Waals surface area contributed by atoms with Gasteiger partial charge in [0, 0.05) is 12.5 Å². The number of allylic oxidation sites excluding steroid dienone is 1. The van der Waals surface area contributed by atoms with E-state index in [1.807, 2.05) is 0 Å². The maximum atomic E-state index is 10.7. The first-order valence-corrected chi connectivity index (χ1v) is 10.9. The molecule has 0 bridgehead atoms. The van der Waals surface area contributed by atoms with Gasteiger partial charge in [0.15, 0.2) is 8.32 Å². The van der Waals surface area contributed by atoms with Crippen LogP contribution < -0.4 is 0 Å². The van der Waals surface area contributed by atoms with E-state index in [4.69, 9.17) is 9.53 Å². The van der Waals surface area contributed by atoms with E-state index in [1.54, 1.807) is 0 Å². The van der Waals surface area contributed by atoms with Crippen molar-refractivity contribution in [2.24, 2.45) is 5.92 Å². The second-order valence-electron chi connectivity index (χ2n) is 6.32. The summed E-state index contributed by atoms with van der Waals surface area (Å²) >= 11 is 0. The SMILES string of the molecule is C=C(C)CC(C)[C@H](CCCC(=O)O)O[Si](CC)(CC)CC. The Morgan fingerprint density at radius 1 is 1.24 bits per heavy atom. The van der Waals surface area contributed by atoms with Crippen LogP contribution >= 0.6 is 0 Å². The van der Waals surface area contributed by atoms with Crippen LogP contribution in [-0.2, 0) is 9.22 Å². The summed E-state index contributed by atoms with van der Waals surface area (Å²) in [4.78, 5) is 10.7. The average Bonchev–Trinajstić information content (AvgIpc) is 2.42. The van der Waals surface area contributed by atoms with E-state index < -0.39 is 14.3 Å². The Labute approximate surface area is 131 Å². The van der Waals surface area contributed by atoms with Crippen molar-refractivity contribution in [1.82, 2.24) is 0 Å². The van der Waals surface area contributed by atoms with Gasteiger partial charge in [-0.05, 0) is 50.2 Å². The molecule has 0 aromatic rings. The van der Waals surface area contributed by atoms with Gasteiger partial charge in [0.2, 0.25) is 0 Å². The van der Waals surface area contributed by atoms with E-state index in [-0.39, 0.29) is 12.5 Å². The molecule has 1 N–H and O–H groups in total. The van der Waals surface area contributed by atoms with Gasteiger partial charge >= 0.3 is 5.97 Å². The smallest absolute Gasteiger partial charge is 0.303 e. The highest BCUT2D eigenvalue weighted by Crippen LogP contribution is 2.29. The Kier molecular flexibility index (Phi) is 9.87. The summed E-state index contributed by atoms with van der Waals surface area (Å²) in [6.07, 6.45) is 2.91. The number of carboxylic acid groups (broad SMARTS) is 1. The molecule has 0 aliphatic carbocycles. The van der Waals surface area contributed by atoms with Crippen LogP contribution in [0.15, 0.2) is 12.2 Å². The number of rotatable bonds is 12. The van der Waals surface area contributed by atoms with Crippen molar-refractivity contribution >= 4 is 14.3 Å². The van der Waals surface area contributed by atoms with E-state index in [0.29, 0.717) is 12.3 Å². The van der Waals surface area contributed by atoms with Gasteiger partial charge in [-0.2, -0.15) is 0 Å². The molecule has 0 spiro atoms. The Bertz CT molecular complexity index is 316. The maximum absolute atomic E-state index is 10.7. The largest absolute Gasteiger partial charge is 0.481 e. The second-order valence-corrected chi connectivity index (χ2v) is 11.0. The van der Waals surface area contributed by atoms with Gasteiger partial charge in [-0.3, -0.25) is 4.79 Å². The molecule has 124 valence electrons. The van der Waals surface area contributed by atoms with Gasteiger partial charge < -0.3 is 9.53 Å². The third-order valence-corrected chi connectivity index (χ3v) is 9.19. The highest BCUT2D eigenvalue weighted by molar-refractivity contribution is 6.73. The first-order chi connectivity index (χ1) is 9.80. The summed E-state index contributed by atoms with van der Waals surface area (Å²) in [7, 11) is -1.65. The summed E-state index contributed by atoms with van der Waals surface area (Å²) in [5.74, 6) is -0.306. The van der Waals surface area contributed by atoms with Gasteiger partial charge in [-0.15, -0.1) is 6.58 Å². The molecule has 0 fully saturated rings. The molecule has 0 aromatic heterocycles. The fourth-order valence-corrected chi connectivity index (χ4v) is 5.91. The molecule has 0 amide bonds. The van der Waals surface area contributed by atoms with Crippen molar-refractivity contribution < 1.29 is 14.3 Å². The zero-order chi connectivity index (χ0) is 16.5. The molecule has 3 nitrogen and oxygen atoms in total. The molecule has 0 heterocycles. The van der Waals surface area contributed by atoms with E-state index in [1.165, 1.54) is 5.57 Å². The third-order valence-electron chi connectivity index (χ3n) is 4.52. The molecule has 0 radical (unpaired) electrons. The summed E-state index contributed by atoms with van der Waals surface area (Å²) in [6.45, 7) is 15.0. The topological polar surface area (TPSA) is 46.5 Å². The lowest BCUT2D eigenvalue weighted by Crippen LogP contribution is -2.42. The molecular formula is C17H34O3Si. The van der Waals surface area contributed by atoms with E-state index in [9.17, 15) is 4.79 Å². The van der Waals surface area contributed by atoms with Crippen LogP contribution in [-0.4, -0.2) is 25.5 Å². The lowest BCUT2D eigenvalue weighted by molar-refractivity contribution is -0.137. The maximum Gasteiger partial charge on any atom is 0.303 e. The van der Waals surface area contributed by atoms with Crippen molar-refractivity contribution in [3.63, 3.8) is 0 Å². The van der Waals surface area contributed by atoms with Gasteiger partial charge in [-0.25, -0.2) is 0 Å². The number of aliphatic carboxylic acids is 1. The van der Waals surface area contributed by atoms with Gasteiger partial charge in [0.1, 0.15) is 0 Å². The fraction of sp³-hybridized carbons (Fsp3) is 0.824. The molecule has 4 heteroatoms. The number of carboxylic acids is 1. The highest BCUT2D eigenvalue weighted by atomic mass is 28.4. The Morgan fingerprint density at radius 2 is 1.76 bits per heavy atom. The predicted octanol–water partition coefficient (Wildman–Crippen LogP) is 5.23. The molecule has 21 heavy (non-hydrogen) atoms. The van der Waals surface area contributed by atoms with Crippen molar-refractivity contribution in [3.8, 4) is 0 Å². The van der Waals surface area contributed by atoms with Crippen LogP contribution in [0.25, 0.3) is 0 Å². The minimum absolute atomic E-state index is 0.174. The van der Waals surface area contributed by atoms with E-state index in [2.05, 4.69) is 41.2 Å². The quantitative estimate of drug-likeness (QED) is 0.396. The second kappa shape index (κ2) is 10.2. The van der Waals surface area contributed by atoms with Crippen molar-refractivity contribution in [1.29, 1.82) is 0 Å². The predicted molar refractivity (Wildman–Crippen MR) is 92.2 cm³/mol. The molecule has 0 rings (SSSR count). The lowest BCUT2D eigenvalue weighted by atomic mass is 9.94. The molecule has 0 aliphatic rings. The first-order valence-electron chi connectivity index (χ1n) is 8.34. The Balaban J connectivity index is 4.84. The Morgan fingerprint density at radius 3 is 2.14 bits per heavy atom. The van der Waals surface area contributed by atoms with Crippen molar-refractivity contribution in [2.75, 3.05) is 0 Å². The molecule has 2 atom stereocenters. The van der Waals surface area contributed by atoms with E-state index >= 15 is 0 Å². The molecular weight excluding hydrogens is 280 g/mol. The Hall–Kier alpha value is -0.613. The molecule has 0 saturated heterocycles. The van der Waals surface area contributed by atoms with Gasteiger partial charge in [0.25, 0.3) is 0 Å². The van der Waals surface area contributed by atoms with Gasteiger partial charge in [-0.1, -0.05) is 33.3 Å². The average molecular weight is 315 g/mol. The van der Waals surface area contributed by atoms with Crippen molar-refractivity contribution in [2.45, 2.75) is 84.5 Å². The molecule has 1 unspecified atom stereocenters. The van der Waals surface area contributed by atoms with Gasteiger partial charge in [0.05, 0.1) is 0 Å². The van der Waals surface area contributed by atoms with Crippen LogP contribution in [0, 0.1) is 5.92 Å². The van der Waals surface area contributed by atoms with Crippen LogP contribution in [0.3, 0.4) is 0 Å². The standard InChI is InChI=1S/C17H34O3Si/c1-7-21(8-2,9-3)20-16(11-10-12-17(18)19)15(6)13-14(4)5/h15-16H,4,7-13H2,1-3,5-6H3,(H,18,19)/t15?,16-/m0/s1. The summed E-state index contributed by atoms with van der Waals surface area (Å²) in [5, 5.41) is 8.84. The number of hydrogen-bond donors (Lipinski definition) is 1. The molecule has 0 aromatic carbocycles. The summed E-state index contributed by atoms with van der Waals surface area (Å²) in [6, 6.07) is 3.40. The first kappa shape index (κ1) is 20.4. The summed E-state index contributed by atoms with van der Waals surface area (Å²) in [5.41, 5.74) is 1.17. The fourth-order valence-electron chi connectivity index (χ4n) is 2.92. The van der Waals surface area contributed by atoms with E-state index in [0.717, 1.165) is 31.0 Å². The normalized spacial score (nSPS) is 14.7. The molecule has 0 aliphatic heterocycles. The highest BCUT2D eigenvalue weighted by Gasteiger charge is 2.33. The minimum Gasteiger partial charge on any atom is -0.481 e. The zero-order valence-corrected chi connectivity index (χ0v) is 15.6. The molecule has 0 saturated carbocycles. The van der Waals surface area contributed by atoms with Crippen LogP contribution in [0.5, 0.6) is 0 Å². The number of carbonyl (C=O) groups is 1. The van der Waals surface area contributed by atoms with Crippen LogP contribution in [0.2, 0.25) is 18.1 Å². The van der Waals surface area contributed by atoms with Crippen LogP contribution in [0.1, 0.15) is 60.3 Å². The third kappa shape index (κ3) is 7.81. The minimum atomic E-state index is -1.65. The lowest BCUT2D eigenvalue weighted by Gasteiger charge is -2.36. The van der Waals surface area contributed by atoms with Crippen molar-refractivity contribution in [3.05, 3.63) is 12.2 Å². The zero-order valence-electron chi connectivity index (χ0n) is 14.6.